The number of amides is 1. The van der Waals surface area contributed by atoms with Crippen LogP contribution in [0.3, 0.4) is 0 Å². The summed E-state index contributed by atoms with van der Waals surface area (Å²) in [6, 6.07) is 17.0. The fourth-order valence-electron chi connectivity index (χ4n) is 3.28. The summed E-state index contributed by atoms with van der Waals surface area (Å²) in [7, 11) is -3.55. The van der Waals surface area contributed by atoms with E-state index in [4.69, 9.17) is 0 Å². The van der Waals surface area contributed by atoms with Gasteiger partial charge >= 0.3 is 0 Å². The number of benzene rings is 2. The Bertz CT molecular complexity index is 866. The molecule has 1 heterocycles. The molecule has 26 heavy (non-hydrogen) atoms. The first-order valence-corrected chi connectivity index (χ1v) is 10.3. The van der Waals surface area contributed by atoms with E-state index in [1.807, 2.05) is 41.3 Å². The van der Waals surface area contributed by atoms with Gasteiger partial charge in [0.15, 0.2) is 0 Å². The third kappa shape index (κ3) is 4.51. The maximum Gasteiger partial charge on any atom is 0.240 e. The average Bonchev–Trinajstić information content (AvgIpc) is 2.99. The van der Waals surface area contributed by atoms with Crippen molar-refractivity contribution in [3.63, 3.8) is 0 Å². The molecule has 0 saturated carbocycles. The van der Waals surface area contributed by atoms with Gasteiger partial charge in [-0.15, -0.1) is 0 Å². The Kier molecular flexibility index (Phi) is 5.74. The molecule has 138 valence electrons. The second kappa shape index (κ2) is 8.01. The van der Waals surface area contributed by atoms with Gasteiger partial charge in [0.1, 0.15) is 0 Å². The lowest BCUT2D eigenvalue weighted by Gasteiger charge is -2.17. The highest BCUT2D eigenvalue weighted by Gasteiger charge is 2.30. The van der Waals surface area contributed by atoms with Gasteiger partial charge in [0.05, 0.1) is 4.90 Å². The van der Waals surface area contributed by atoms with E-state index in [1.165, 1.54) is 5.56 Å². The molecule has 1 atom stereocenters. The first kappa shape index (κ1) is 18.6. The number of sulfonamides is 1. The monoisotopic (exact) mass is 372 g/mol. The molecule has 1 saturated heterocycles. The van der Waals surface area contributed by atoms with Crippen LogP contribution in [0.4, 0.5) is 0 Å². The van der Waals surface area contributed by atoms with E-state index in [0.717, 1.165) is 6.42 Å². The van der Waals surface area contributed by atoms with Crippen molar-refractivity contribution < 1.29 is 13.2 Å². The maximum atomic E-state index is 12.5. The summed E-state index contributed by atoms with van der Waals surface area (Å²) in [6.45, 7) is 3.33. The third-order valence-corrected chi connectivity index (χ3v) is 6.34. The number of likely N-dealkylation sites (tertiary alicyclic amines) is 1. The van der Waals surface area contributed by atoms with E-state index in [1.54, 1.807) is 25.1 Å². The lowest BCUT2D eigenvalue weighted by atomic mass is 10.1. The Morgan fingerprint density at radius 3 is 2.50 bits per heavy atom. The summed E-state index contributed by atoms with van der Waals surface area (Å²) < 4.78 is 27.6. The molecule has 0 aliphatic carbocycles. The van der Waals surface area contributed by atoms with E-state index >= 15 is 0 Å². The number of hydrogen-bond donors (Lipinski definition) is 1. The number of aryl methyl sites for hydroxylation is 1. The molecular weight excluding hydrogens is 348 g/mol. The summed E-state index contributed by atoms with van der Waals surface area (Å²) >= 11 is 0. The van der Waals surface area contributed by atoms with Crippen LogP contribution in [-0.4, -0.2) is 38.9 Å². The van der Waals surface area contributed by atoms with E-state index in [2.05, 4.69) is 4.72 Å². The Morgan fingerprint density at radius 1 is 1.08 bits per heavy atom. The predicted octanol–water partition coefficient (Wildman–Crippen LogP) is 2.36. The quantitative estimate of drug-likeness (QED) is 0.811. The van der Waals surface area contributed by atoms with Gasteiger partial charge in [-0.05, 0) is 36.5 Å². The maximum absolute atomic E-state index is 12.5. The number of nitrogens with zero attached hydrogens (tertiary/aromatic N) is 1. The van der Waals surface area contributed by atoms with Crippen molar-refractivity contribution in [2.45, 2.75) is 24.7 Å². The largest absolute Gasteiger partial charge is 0.342 e. The highest BCUT2D eigenvalue weighted by atomic mass is 32.2. The van der Waals surface area contributed by atoms with E-state index in [9.17, 15) is 13.2 Å². The van der Waals surface area contributed by atoms with Crippen molar-refractivity contribution in [1.82, 2.24) is 9.62 Å². The smallest absolute Gasteiger partial charge is 0.240 e. The van der Waals surface area contributed by atoms with Crippen molar-refractivity contribution in [3.05, 3.63) is 65.7 Å². The first-order chi connectivity index (χ1) is 12.5. The SMILES string of the molecule is Cc1ccccc1S(=O)(=O)NCC1CC(=O)N(CCc2ccccc2)C1. The predicted molar refractivity (Wildman–Crippen MR) is 101 cm³/mol. The lowest BCUT2D eigenvalue weighted by molar-refractivity contribution is -0.127. The molecule has 0 spiro atoms. The second-order valence-corrected chi connectivity index (χ2v) is 8.50. The molecule has 0 radical (unpaired) electrons. The first-order valence-electron chi connectivity index (χ1n) is 8.83. The van der Waals surface area contributed by atoms with Crippen molar-refractivity contribution in [2.24, 2.45) is 5.92 Å². The minimum Gasteiger partial charge on any atom is -0.342 e. The van der Waals surface area contributed by atoms with E-state index in [0.29, 0.717) is 30.0 Å². The van der Waals surface area contributed by atoms with Gasteiger partial charge in [-0.25, -0.2) is 13.1 Å². The molecule has 0 aromatic heterocycles. The normalized spacial score (nSPS) is 17.7. The molecule has 1 aliphatic rings. The van der Waals surface area contributed by atoms with Gasteiger partial charge in [0.2, 0.25) is 15.9 Å². The van der Waals surface area contributed by atoms with Crippen LogP contribution in [0.15, 0.2) is 59.5 Å². The van der Waals surface area contributed by atoms with Crippen molar-refractivity contribution in [1.29, 1.82) is 0 Å². The summed E-state index contributed by atoms with van der Waals surface area (Å²) in [4.78, 5) is 14.3. The minimum atomic E-state index is -3.55. The van der Waals surface area contributed by atoms with Crippen LogP contribution in [-0.2, 0) is 21.2 Å². The van der Waals surface area contributed by atoms with Gasteiger partial charge in [0, 0.05) is 26.1 Å². The molecule has 1 N–H and O–H groups in total. The number of nitrogens with one attached hydrogen (secondary N) is 1. The molecular formula is C20H24N2O3S. The van der Waals surface area contributed by atoms with Gasteiger partial charge in [-0.2, -0.15) is 0 Å². The number of rotatable bonds is 7. The highest BCUT2D eigenvalue weighted by molar-refractivity contribution is 7.89. The fraction of sp³-hybridized carbons (Fsp3) is 0.350. The molecule has 0 bridgehead atoms. The molecule has 1 fully saturated rings. The summed E-state index contributed by atoms with van der Waals surface area (Å²) in [6.07, 6.45) is 1.21. The zero-order chi connectivity index (χ0) is 18.6. The Hall–Kier alpha value is -2.18. The topological polar surface area (TPSA) is 66.5 Å². The molecule has 2 aromatic rings. The van der Waals surface area contributed by atoms with Crippen molar-refractivity contribution in [3.8, 4) is 0 Å². The van der Waals surface area contributed by atoms with Gasteiger partial charge < -0.3 is 4.90 Å². The van der Waals surface area contributed by atoms with Crippen LogP contribution in [0.2, 0.25) is 0 Å². The average molecular weight is 372 g/mol. The van der Waals surface area contributed by atoms with Crippen LogP contribution < -0.4 is 4.72 Å². The van der Waals surface area contributed by atoms with Crippen LogP contribution >= 0.6 is 0 Å². The fourth-order valence-corrected chi connectivity index (χ4v) is 4.64. The van der Waals surface area contributed by atoms with Crippen molar-refractivity contribution in [2.75, 3.05) is 19.6 Å². The molecule has 1 aliphatic heterocycles. The Balaban J connectivity index is 1.53. The van der Waals surface area contributed by atoms with E-state index < -0.39 is 10.0 Å². The third-order valence-electron chi connectivity index (χ3n) is 4.75. The summed E-state index contributed by atoms with van der Waals surface area (Å²) in [5.41, 5.74) is 1.91. The molecule has 6 heteroatoms. The van der Waals surface area contributed by atoms with Crippen LogP contribution in [0, 0.1) is 12.8 Å². The summed E-state index contributed by atoms with van der Waals surface area (Å²) in [5.74, 6) is 0.109. The lowest BCUT2D eigenvalue weighted by Crippen LogP contribution is -2.32. The Morgan fingerprint density at radius 2 is 1.77 bits per heavy atom. The molecule has 1 unspecified atom stereocenters. The standard InChI is InChI=1S/C20H24N2O3S/c1-16-7-5-6-10-19(16)26(24,25)21-14-18-13-20(23)22(15-18)12-11-17-8-3-2-4-9-17/h2-10,18,21H,11-15H2,1H3. The summed E-state index contributed by atoms with van der Waals surface area (Å²) in [5, 5.41) is 0. The van der Waals surface area contributed by atoms with E-state index in [-0.39, 0.29) is 18.4 Å². The van der Waals surface area contributed by atoms with Gasteiger partial charge in [-0.3, -0.25) is 4.79 Å². The number of hydrogen-bond acceptors (Lipinski definition) is 3. The van der Waals surface area contributed by atoms with Crippen LogP contribution in [0.1, 0.15) is 17.5 Å². The molecule has 3 rings (SSSR count). The Labute approximate surface area is 155 Å². The van der Waals surface area contributed by atoms with Crippen molar-refractivity contribution >= 4 is 15.9 Å². The van der Waals surface area contributed by atoms with Crippen LogP contribution in [0.25, 0.3) is 0 Å². The minimum absolute atomic E-state index is 0.0112. The second-order valence-electron chi connectivity index (χ2n) is 6.76. The zero-order valence-corrected chi connectivity index (χ0v) is 15.7. The molecule has 5 nitrogen and oxygen atoms in total. The zero-order valence-electron chi connectivity index (χ0n) is 14.9. The molecule has 1 amide bonds. The van der Waals surface area contributed by atoms with Gasteiger partial charge in [-0.1, -0.05) is 48.5 Å². The number of carbonyl (C=O) groups is 1. The van der Waals surface area contributed by atoms with Crippen LogP contribution in [0.5, 0.6) is 0 Å². The molecule has 2 aromatic carbocycles. The highest BCUT2D eigenvalue weighted by Crippen LogP contribution is 2.19. The number of carbonyl (C=O) groups excluding carboxylic acids is 1. The van der Waals surface area contributed by atoms with Gasteiger partial charge in [0.25, 0.3) is 0 Å².